The van der Waals surface area contributed by atoms with Crippen LogP contribution in [0.4, 0.5) is 0 Å². The van der Waals surface area contributed by atoms with Gasteiger partial charge in [-0.05, 0) is 42.4 Å². The molecule has 96 valence electrons. The molecule has 2 aromatic heterocycles. The zero-order valence-corrected chi connectivity index (χ0v) is 11.2. The summed E-state index contributed by atoms with van der Waals surface area (Å²) in [5.74, 6) is 4.37. The number of hydrogen-bond acceptors (Lipinski definition) is 4. The van der Waals surface area contributed by atoms with Crippen molar-refractivity contribution in [2.45, 2.75) is 25.8 Å². The lowest BCUT2D eigenvalue weighted by Gasteiger charge is -2.20. The molecule has 0 spiro atoms. The molecule has 2 N–H and O–H groups in total. The van der Waals surface area contributed by atoms with Crippen molar-refractivity contribution in [2.24, 2.45) is 11.7 Å². The Balaban J connectivity index is 1.91. The molecule has 0 radical (unpaired) electrons. The molecule has 3 heterocycles. The summed E-state index contributed by atoms with van der Waals surface area (Å²) < 4.78 is 2.12. The minimum atomic E-state index is 0.530. The van der Waals surface area contributed by atoms with Crippen LogP contribution in [0.1, 0.15) is 24.4 Å². The summed E-state index contributed by atoms with van der Waals surface area (Å²) >= 11 is 2.06. The van der Waals surface area contributed by atoms with E-state index in [4.69, 9.17) is 5.73 Å². The Morgan fingerprint density at radius 1 is 1.39 bits per heavy atom. The number of hydrogen-bond donors (Lipinski definition) is 1. The average Bonchev–Trinajstić information content (AvgIpc) is 2.83. The molecular weight excluding hydrogens is 244 g/mol. The normalized spacial score (nSPS) is 20.4. The summed E-state index contributed by atoms with van der Waals surface area (Å²) in [4.78, 5) is 0. The lowest BCUT2D eigenvalue weighted by Crippen LogP contribution is -2.16. The Hall–Kier alpha value is -1.07. The van der Waals surface area contributed by atoms with Crippen molar-refractivity contribution in [1.29, 1.82) is 0 Å². The van der Waals surface area contributed by atoms with E-state index in [1.807, 2.05) is 12.1 Å². The first-order valence-corrected chi connectivity index (χ1v) is 7.63. The fraction of sp³-hybridized carbons (Fsp3) is 0.538. The van der Waals surface area contributed by atoms with Crippen LogP contribution in [0.15, 0.2) is 18.2 Å². The Morgan fingerprint density at radius 2 is 2.33 bits per heavy atom. The molecule has 0 aliphatic carbocycles. The average molecular weight is 262 g/mol. The second kappa shape index (κ2) is 5.28. The van der Waals surface area contributed by atoms with Crippen LogP contribution in [0.5, 0.6) is 0 Å². The molecule has 4 nitrogen and oxygen atoms in total. The largest absolute Gasteiger partial charge is 0.325 e. The third-order valence-corrected chi connectivity index (χ3v) is 4.80. The first-order valence-electron chi connectivity index (χ1n) is 6.48. The van der Waals surface area contributed by atoms with Crippen LogP contribution in [-0.2, 0) is 13.0 Å². The van der Waals surface area contributed by atoms with Crippen molar-refractivity contribution < 1.29 is 0 Å². The number of nitrogens with two attached hydrogens (primary N) is 1. The van der Waals surface area contributed by atoms with Crippen molar-refractivity contribution in [3.05, 3.63) is 29.7 Å². The predicted octanol–water partition coefficient (Wildman–Crippen LogP) is 1.87. The van der Waals surface area contributed by atoms with Gasteiger partial charge in [0.25, 0.3) is 0 Å². The van der Waals surface area contributed by atoms with E-state index in [-0.39, 0.29) is 0 Å². The van der Waals surface area contributed by atoms with Crippen molar-refractivity contribution in [3.8, 4) is 0 Å². The molecular formula is C13H18N4S. The number of thioether (sulfide) groups is 1. The molecule has 5 heteroatoms. The molecule has 0 saturated carbocycles. The van der Waals surface area contributed by atoms with Gasteiger partial charge in [0.2, 0.25) is 0 Å². The SMILES string of the molecule is NCc1cccc2nnc(CC3CCCSC3)n12. The number of fused-ring (bicyclic) bond motifs is 1. The molecule has 0 aromatic carbocycles. The van der Waals surface area contributed by atoms with E-state index in [2.05, 4.69) is 32.4 Å². The maximum absolute atomic E-state index is 5.80. The van der Waals surface area contributed by atoms with E-state index >= 15 is 0 Å². The Morgan fingerprint density at radius 3 is 3.11 bits per heavy atom. The van der Waals surface area contributed by atoms with Crippen LogP contribution < -0.4 is 5.73 Å². The molecule has 1 saturated heterocycles. The number of pyridine rings is 1. The lowest BCUT2D eigenvalue weighted by molar-refractivity contribution is 0.505. The van der Waals surface area contributed by atoms with Crippen LogP contribution in [0.3, 0.4) is 0 Å². The van der Waals surface area contributed by atoms with Gasteiger partial charge in [-0.3, -0.25) is 4.40 Å². The van der Waals surface area contributed by atoms with E-state index in [1.165, 1.54) is 24.3 Å². The van der Waals surface area contributed by atoms with Gasteiger partial charge in [-0.15, -0.1) is 10.2 Å². The van der Waals surface area contributed by atoms with E-state index in [0.717, 1.165) is 29.5 Å². The Labute approximate surface area is 111 Å². The minimum absolute atomic E-state index is 0.530. The summed E-state index contributed by atoms with van der Waals surface area (Å²) in [6.07, 6.45) is 3.66. The molecule has 0 bridgehead atoms. The maximum atomic E-state index is 5.80. The Kier molecular flexibility index (Phi) is 3.52. The Bertz CT molecular complexity index is 531. The van der Waals surface area contributed by atoms with Crippen LogP contribution in [-0.4, -0.2) is 26.1 Å². The molecule has 1 aliphatic rings. The summed E-state index contributed by atoms with van der Waals surface area (Å²) in [6, 6.07) is 6.03. The first kappa shape index (κ1) is 12.0. The van der Waals surface area contributed by atoms with Gasteiger partial charge in [0.05, 0.1) is 0 Å². The molecule has 0 amide bonds. The molecule has 18 heavy (non-hydrogen) atoms. The van der Waals surface area contributed by atoms with Gasteiger partial charge in [-0.25, -0.2) is 0 Å². The topological polar surface area (TPSA) is 56.2 Å². The summed E-state index contributed by atoms with van der Waals surface area (Å²) in [6.45, 7) is 0.530. The molecule has 1 aliphatic heterocycles. The lowest BCUT2D eigenvalue weighted by atomic mass is 10.0. The number of aromatic nitrogens is 3. The molecule has 2 aromatic rings. The third-order valence-electron chi connectivity index (χ3n) is 3.51. The summed E-state index contributed by atoms with van der Waals surface area (Å²) in [5, 5.41) is 8.59. The van der Waals surface area contributed by atoms with E-state index < -0.39 is 0 Å². The standard InChI is InChI=1S/C13H18N4S/c14-8-11-4-1-5-12-15-16-13(17(11)12)7-10-3-2-6-18-9-10/h1,4-5,10H,2-3,6-9,14H2. The fourth-order valence-corrected chi connectivity index (χ4v) is 3.74. The monoisotopic (exact) mass is 262 g/mol. The summed E-state index contributed by atoms with van der Waals surface area (Å²) in [5.41, 5.74) is 7.80. The second-order valence-corrected chi connectivity index (χ2v) is 5.97. The van der Waals surface area contributed by atoms with Gasteiger partial charge >= 0.3 is 0 Å². The van der Waals surface area contributed by atoms with Crippen molar-refractivity contribution in [1.82, 2.24) is 14.6 Å². The maximum Gasteiger partial charge on any atom is 0.161 e. The highest BCUT2D eigenvalue weighted by Crippen LogP contribution is 2.25. The van der Waals surface area contributed by atoms with Crippen molar-refractivity contribution in [2.75, 3.05) is 11.5 Å². The van der Waals surface area contributed by atoms with Crippen LogP contribution in [0.2, 0.25) is 0 Å². The fourth-order valence-electron chi connectivity index (χ4n) is 2.59. The van der Waals surface area contributed by atoms with E-state index in [0.29, 0.717) is 6.54 Å². The smallest absolute Gasteiger partial charge is 0.161 e. The van der Waals surface area contributed by atoms with Gasteiger partial charge in [-0.2, -0.15) is 11.8 Å². The van der Waals surface area contributed by atoms with Gasteiger partial charge < -0.3 is 5.73 Å². The highest BCUT2D eigenvalue weighted by Gasteiger charge is 2.18. The second-order valence-electron chi connectivity index (χ2n) is 4.82. The molecule has 1 unspecified atom stereocenters. The zero-order valence-electron chi connectivity index (χ0n) is 10.4. The van der Waals surface area contributed by atoms with Gasteiger partial charge in [-0.1, -0.05) is 6.07 Å². The molecule has 1 fully saturated rings. The third kappa shape index (κ3) is 2.24. The van der Waals surface area contributed by atoms with Crippen LogP contribution >= 0.6 is 11.8 Å². The first-order chi connectivity index (χ1) is 8.88. The quantitative estimate of drug-likeness (QED) is 0.917. The highest BCUT2D eigenvalue weighted by molar-refractivity contribution is 7.99. The highest BCUT2D eigenvalue weighted by atomic mass is 32.2. The number of rotatable bonds is 3. The van der Waals surface area contributed by atoms with Gasteiger partial charge in [0.15, 0.2) is 5.65 Å². The predicted molar refractivity (Wildman–Crippen MR) is 74.6 cm³/mol. The van der Waals surface area contributed by atoms with Gasteiger partial charge in [0.1, 0.15) is 5.82 Å². The van der Waals surface area contributed by atoms with Crippen LogP contribution in [0.25, 0.3) is 5.65 Å². The van der Waals surface area contributed by atoms with Gasteiger partial charge in [0, 0.05) is 18.7 Å². The molecule has 3 rings (SSSR count). The van der Waals surface area contributed by atoms with Crippen molar-refractivity contribution >= 4 is 17.4 Å². The zero-order chi connectivity index (χ0) is 12.4. The minimum Gasteiger partial charge on any atom is -0.325 e. The van der Waals surface area contributed by atoms with Crippen LogP contribution in [0, 0.1) is 5.92 Å². The molecule has 1 atom stereocenters. The van der Waals surface area contributed by atoms with E-state index in [1.54, 1.807) is 0 Å². The summed E-state index contributed by atoms with van der Waals surface area (Å²) in [7, 11) is 0. The van der Waals surface area contributed by atoms with Crippen molar-refractivity contribution in [3.63, 3.8) is 0 Å². The van der Waals surface area contributed by atoms with E-state index in [9.17, 15) is 0 Å². The number of nitrogens with zero attached hydrogens (tertiary/aromatic N) is 3.